The summed E-state index contributed by atoms with van der Waals surface area (Å²) < 4.78 is 23.2. The van der Waals surface area contributed by atoms with E-state index in [4.69, 9.17) is 9.05 Å². The maximum Gasteiger partial charge on any atom is 0.344 e. The Kier molecular flexibility index (Phi) is 6.46. The fourth-order valence-corrected chi connectivity index (χ4v) is 4.80. The van der Waals surface area contributed by atoms with Gasteiger partial charge in [-0.2, -0.15) is 0 Å². The van der Waals surface area contributed by atoms with Gasteiger partial charge in [0.15, 0.2) is 0 Å². The van der Waals surface area contributed by atoms with E-state index in [-0.39, 0.29) is 17.4 Å². The van der Waals surface area contributed by atoms with Gasteiger partial charge in [-0.25, -0.2) is 0 Å². The molecule has 1 aliphatic heterocycles. The zero-order valence-corrected chi connectivity index (χ0v) is 15.6. The molecule has 0 bridgehead atoms. The predicted octanol–water partition coefficient (Wildman–Crippen LogP) is 3.45. The Bertz CT molecular complexity index is 357. The van der Waals surface area contributed by atoms with E-state index in [1.54, 1.807) is 0 Å². The van der Waals surface area contributed by atoms with Crippen LogP contribution in [0.15, 0.2) is 0 Å². The molecule has 1 rings (SSSR count). The largest absolute Gasteiger partial charge is 0.344 e. The van der Waals surface area contributed by atoms with Crippen molar-refractivity contribution in [3.8, 4) is 0 Å². The second-order valence-corrected chi connectivity index (χ2v) is 9.15. The summed E-state index contributed by atoms with van der Waals surface area (Å²) in [6.07, 6.45) is 2.32. The standard InChI is InChI=1S/C15H33N2O3P/c1-8-19-21(18,20-9-2)12-16-13-10-14(3,4)17(7)15(5,6)11-13/h13,16H,8-12H2,1-7H3. The molecule has 0 aromatic carbocycles. The topological polar surface area (TPSA) is 50.8 Å². The summed E-state index contributed by atoms with van der Waals surface area (Å²) in [6.45, 7) is 13.5. The van der Waals surface area contributed by atoms with Crippen LogP contribution < -0.4 is 5.32 Å². The zero-order valence-electron chi connectivity index (χ0n) is 14.7. The summed E-state index contributed by atoms with van der Waals surface area (Å²) in [7, 11) is -0.828. The lowest BCUT2D eigenvalue weighted by Crippen LogP contribution is -2.62. The van der Waals surface area contributed by atoms with E-state index in [0.29, 0.717) is 19.3 Å². The molecule has 0 amide bonds. The van der Waals surface area contributed by atoms with Gasteiger partial charge in [-0.1, -0.05) is 0 Å². The van der Waals surface area contributed by atoms with E-state index in [2.05, 4.69) is 45.0 Å². The van der Waals surface area contributed by atoms with Crippen molar-refractivity contribution in [3.63, 3.8) is 0 Å². The van der Waals surface area contributed by atoms with E-state index in [1.165, 1.54) is 0 Å². The Morgan fingerprint density at radius 1 is 1.10 bits per heavy atom. The molecular formula is C15H33N2O3P. The molecule has 0 spiro atoms. The molecule has 0 unspecified atom stereocenters. The molecule has 0 aromatic rings. The highest BCUT2D eigenvalue weighted by Gasteiger charge is 2.43. The highest BCUT2D eigenvalue weighted by Crippen LogP contribution is 2.47. The monoisotopic (exact) mass is 320 g/mol. The maximum atomic E-state index is 12.5. The number of hydrogen-bond donors (Lipinski definition) is 1. The van der Waals surface area contributed by atoms with E-state index < -0.39 is 7.60 Å². The summed E-state index contributed by atoms with van der Waals surface area (Å²) in [5, 5.41) is 3.42. The average molecular weight is 320 g/mol. The third kappa shape index (κ3) is 5.04. The summed E-state index contributed by atoms with van der Waals surface area (Å²) in [5.74, 6) is 0. The number of nitrogens with one attached hydrogen (secondary N) is 1. The van der Waals surface area contributed by atoms with Gasteiger partial charge in [-0.15, -0.1) is 0 Å². The molecule has 1 heterocycles. The molecule has 1 saturated heterocycles. The summed E-state index contributed by atoms with van der Waals surface area (Å²) in [5.41, 5.74) is 0.223. The van der Waals surface area contributed by atoms with Gasteiger partial charge in [0.2, 0.25) is 0 Å². The lowest BCUT2D eigenvalue weighted by atomic mass is 9.77. The first kappa shape index (κ1) is 19.1. The van der Waals surface area contributed by atoms with Crippen LogP contribution in [0, 0.1) is 0 Å². The van der Waals surface area contributed by atoms with Crippen LogP contribution in [0.3, 0.4) is 0 Å². The van der Waals surface area contributed by atoms with Crippen molar-refractivity contribution >= 4 is 7.60 Å². The Hall–Kier alpha value is 0.0700. The van der Waals surface area contributed by atoms with E-state index in [1.807, 2.05) is 13.8 Å². The van der Waals surface area contributed by atoms with Crippen LogP contribution in [0.4, 0.5) is 0 Å². The number of piperidine rings is 1. The maximum absolute atomic E-state index is 12.5. The van der Waals surface area contributed by atoms with Crippen molar-refractivity contribution in [2.45, 2.75) is 71.5 Å². The van der Waals surface area contributed by atoms with Crippen molar-refractivity contribution in [2.75, 3.05) is 26.5 Å². The van der Waals surface area contributed by atoms with Gasteiger partial charge in [-0.05, 0) is 61.4 Å². The molecule has 0 radical (unpaired) electrons. The predicted molar refractivity (Wildman–Crippen MR) is 87.8 cm³/mol. The van der Waals surface area contributed by atoms with Gasteiger partial charge >= 0.3 is 7.60 Å². The normalized spacial score (nSPS) is 23.4. The summed E-state index contributed by atoms with van der Waals surface area (Å²) >= 11 is 0. The fourth-order valence-electron chi connectivity index (χ4n) is 3.28. The van der Waals surface area contributed by atoms with Crippen LogP contribution in [0.1, 0.15) is 54.4 Å². The molecule has 1 N–H and O–H groups in total. The first-order valence-corrected chi connectivity index (χ1v) is 9.64. The van der Waals surface area contributed by atoms with Gasteiger partial charge in [-0.3, -0.25) is 9.46 Å². The molecule has 0 aromatic heterocycles. The van der Waals surface area contributed by atoms with Crippen LogP contribution in [-0.4, -0.2) is 48.6 Å². The number of likely N-dealkylation sites (tertiary alicyclic amines) is 1. The number of rotatable bonds is 7. The highest BCUT2D eigenvalue weighted by molar-refractivity contribution is 7.53. The first-order chi connectivity index (χ1) is 9.56. The van der Waals surface area contributed by atoms with Gasteiger partial charge < -0.3 is 14.4 Å². The van der Waals surface area contributed by atoms with Gasteiger partial charge in [0.1, 0.15) is 0 Å². The van der Waals surface area contributed by atoms with Crippen molar-refractivity contribution in [1.29, 1.82) is 0 Å². The Balaban J connectivity index is 2.69. The number of nitrogens with zero attached hydrogens (tertiary/aromatic N) is 1. The average Bonchev–Trinajstić information content (AvgIpc) is 2.34. The third-order valence-corrected chi connectivity index (χ3v) is 6.41. The van der Waals surface area contributed by atoms with Gasteiger partial charge in [0, 0.05) is 17.1 Å². The van der Waals surface area contributed by atoms with Crippen molar-refractivity contribution in [2.24, 2.45) is 0 Å². The van der Waals surface area contributed by atoms with Crippen LogP contribution in [0.5, 0.6) is 0 Å². The molecule has 0 saturated carbocycles. The Morgan fingerprint density at radius 2 is 1.52 bits per heavy atom. The minimum atomic E-state index is -3.01. The van der Waals surface area contributed by atoms with E-state index in [9.17, 15) is 4.57 Å². The Morgan fingerprint density at radius 3 is 1.90 bits per heavy atom. The van der Waals surface area contributed by atoms with E-state index in [0.717, 1.165) is 12.8 Å². The Labute approximate surface area is 130 Å². The second-order valence-electron chi connectivity index (χ2n) is 7.10. The molecule has 1 aliphatic rings. The molecule has 21 heavy (non-hydrogen) atoms. The fraction of sp³-hybridized carbons (Fsp3) is 1.00. The quantitative estimate of drug-likeness (QED) is 0.728. The van der Waals surface area contributed by atoms with Gasteiger partial charge in [0.05, 0.1) is 19.5 Å². The van der Waals surface area contributed by atoms with Crippen LogP contribution >= 0.6 is 7.60 Å². The lowest BCUT2D eigenvalue weighted by Gasteiger charge is -2.53. The third-order valence-electron chi connectivity index (χ3n) is 4.53. The number of hydrogen-bond acceptors (Lipinski definition) is 5. The van der Waals surface area contributed by atoms with Crippen LogP contribution in [0.2, 0.25) is 0 Å². The first-order valence-electron chi connectivity index (χ1n) is 7.92. The molecule has 5 nitrogen and oxygen atoms in total. The molecular weight excluding hydrogens is 287 g/mol. The van der Waals surface area contributed by atoms with Crippen molar-refractivity contribution in [3.05, 3.63) is 0 Å². The zero-order chi connectivity index (χ0) is 16.3. The van der Waals surface area contributed by atoms with Gasteiger partial charge in [0.25, 0.3) is 0 Å². The van der Waals surface area contributed by atoms with Crippen LogP contribution in [0.25, 0.3) is 0 Å². The molecule has 0 aliphatic carbocycles. The summed E-state index contributed by atoms with van der Waals surface area (Å²) in [6, 6.07) is 0.320. The minimum Gasteiger partial charge on any atom is -0.308 e. The molecule has 6 heteroatoms. The van der Waals surface area contributed by atoms with Crippen LogP contribution in [-0.2, 0) is 13.6 Å². The molecule has 1 fully saturated rings. The lowest BCUT2D eigenvalue weighted by molar-refractivity contribution is -0.0174. The minimum absolute atomic E-state index is 0.112. The highest BCUT2D eigenvalue weighted by atomic mass is 31.2. The van der Waals surface area contributed by atoms with E-state index >= 15 is 0 Å². The molecule has 0 atom stereocenters. The van der Waals surface area contributed by atoms with Crippen molar-refractivity contribution < 1.29 is 13.6 Å². The summed E-state index contributed by atoms with van der Waals surface area (Å²) in [4.78, 5) is 2.43. The smallest absolute Gasteiger partial charge is 0.308 e. The second kappa shape index (κ2) is 7.10. The SMILES string of the molecule is CCOP(=O)(CNC1CC(C)(C)N(C)C(C)(C)C1)OCC. The van der Waals surface area contributed by atoms with Crippen molar-refractivity contribution in [1.82, 2.24) is 10.2 Å². The molecule has 126 valence electrons.